The summed E-state index contributed by atoms with van der Waals surface area (Å²) < 4.78 is 0. The maximum absolute atomic E-state index is 3.48. The van der Waals surface area contributed by atoms with Crippen LogP contribution in [0.3, 0.4) is 0 Å². The van der Waals surface area contributed by atoms with Crippen LogP contribution in [0.4, 0.5) is 0 Å². The van der Waals surface area contributed by atoms with E-state index in [0.717, 1.165) is 11.8 Å². The zero-order valence-corrected chi connectivity index (χ0v) is 11.3. The minimum Gasteiger partial charge on any atom is -0.314 e. The SMILES string of the molecule is CCC1(N2CCNCC2)C[C@H](C)C[C@@H](C)C1. The van der Waals surface area contributed by atoms with Crippen molar-refractivity contribution in [2.45, 2.75) is 52.0 Å². The summed E-state index contributed by atoms with van der Waals surface area (Å²) in [6, 6.07) is 0. The summed E-state index contributed by atoms with van der Waals surface area (Å²) in [4.78, 5) is 2.79. The highest BCUT2D eigenvalue weighted by atomic mass is 15.2. The zero-order chi connectivity index (χ0) is 11.6. The summed E-state index contributed by atoms with van der Waals surface area (Å²) in [5.74, 6) is 1.83. The van der Waals surface area contributed by atoms with E-state index >= 15 is 0 Å². The fourth-order valence-corrected chi connectivity index (χ4v) is 4.14. The van der Waals surface area contributed by atoms with Gasteiger partial charge in [-0.1, -0.05) is 20.8 Å². The topological polar surface area (TPSA) is 15.3 Å². The Morgan fingerprint density at radius 3 is 2.19 bits per heavy atom. The van der Waals surface area contributed by atoms with Crippen LogP contribution >= 0.6 is 0 Å². The van der Waals surface area contributed by atoms with Gasteiger partial charge in [0.05, 0.1) is 0 Å². The highest BCUT2D eigenvalue weighted by Crippen LogP contribution is 2.41. The maximum atomic E-state index is 3.48. The lowest BCUT2D eigenvalue weighted by Crippen LogP contribution is -2.58. The van der Waals surface area contributed by atoms with Crippen molar-refractivity contribution >= 4 is 0 Å². The Morgan fingerprint density at radius 2 is 1.69 bits per heavy atom. The third-order valence-corrected chi connectivity index (χ3v) is 4.71. The van der Waals surface area contributed by atoms with Crippen molar-refractivity contribution in [1.29, 1.82) is 0 Å². The van der Waals surface area contributed by atoms with Gasteiger partial charge in [0, 0.05) is 31.7 Å². The molecule has 0 aromatic rings. The van der Waals surface area contributed by atoms with Crippen LogP contribution in [0.5, 0.6) is 0 Å². The van der Waals surface area contributed by atoms with Crippen LogP contribution < -0.4 is 5.32 Å². The predicted molar refractivity (Wildman–Crippen MR) is 69.6 cm³/mol. The molecular weight excluding hydrogens is 196 g/mol. The van der Waals surface area contributed by atoms with E-state index in [9.17, 15) is 0 Å². The Balaban J connectivity index is 2.09. The molecule has 1 aliphatic carbocycles. The first-order valence-corrected chi connectivity index (χ1v) is 7.12. The van der Waals surface area contributed by atoms with E-state index in [1.54, 1.807) is 0 Å². The van der Waals surface area contributed by atoms with Crippen molar-refractivity contribution in [3.8, 4) is 0 Å². The Bertz CT molecular complexity index is 211. The molecule has 2 nitrogen and oxygen atoms in total. The van der Waals surface area contributed by atoms with Crippen LogP contribution in [0.1, 0.15) is 46.5 Å². The molecule has 94 valence electrons. The average Bonchev–Trinajstić information content (AvgIpc) is 2.29. The van der Waals surface area contributed by atoms with Gasteiger partial charge in [0.25, 0.3) is 0 Å². The first kappa shape index (κ1) is 12.4. The minimum atomic E-state index is 0.527. The van der Waals surface area contributed by atoms with Gasteiger partial charge in [0.2, 0.25) is 0 Å². The second kappa shape index (κ2) is 5.05. The van der Waals surface area contributed by atoms with Gasteiger partial charge in [0.1, 0.15) is 0 Å². The molecule has 2 atom stereocenters. The summed E-state index contributed by atoms with van der Waals surface area (Å²) >= 11 is 0. The van der Waals surface area contributed by atoms with Gasteiger partial charge in [-0.15, -0.1) is 0 Å². The van der Waals surface area contributed by atoms with Crippen molar-refractivity contribution in [2.75, 3.05) is 26.2 Å². The largest absolute Gasteiger partial charge is 0.314 e. The van der Waals surface area contributed by atoms with Gasteiger partial charge in [-0.05, 0) is 37.5 Å². The molecular formula is C14H28N2. The molecule has 2 fully saturated rings. The predicted octanol–water partition coefficient (Wildman–Crippen LogP) is 2.50. The number of rotatable bonds is 2. The van der Waals surface area contributed by atoms with Gasteiger partial charge in [-0.3, -0.25) is 4.90 Å². The lowest BCUT2D eigenvalue weighted by molar-refractivity contribution is 0.00202. The van der Waals surface area contributed by atoms with Crippen LogP contribution in [-0.2, 0) is 0 Å². The molecule has 0 bridgehead atoms. The number of piperazine rings is 1. The smallest absolute Gasteiger partial charge is 0.0213 e. The molecule has 1 heterocycles. The van der Waals surface area contributed by atoms with Crippen LogP contribution in [0.2, 0.25) is 0 Å². The van der Waals surface area contributed by atoms with Crippen molar-refractivity contribution in [1.82, 2.24) is 10.2 Å². The third kappa shape index (κ3) is 2.43. The molecule has 0 spiro atoms. The van der Waals surface area contributed by atoms with E-state index in [-0.39, 0.29) is 0 Å². The fraction of sp³-hybridized carbons (Fsp3) is 1.00. The second-order valence-electron chi connectivity index (χ2n) is 6.17. The van der Waals surface area contributed by atoms with Gasteiger partial charge < -0.3 is 5.32 Å². The summed E-state index contributed by atoms with van der Waals surface area (Å²) in [6.07, 6.45) is 5.62. The summed E-state index contributed by atoms with van der Waals surface area (Å²) in [5.41, 5.74) is 0.527. The van der Waals surface area contributed by atoms with E-state index in [1.165, 1.54) is 51.9 Å². The Kier molecular flexibility index (Phi) is 3.91. The quantitative estimate of drug-likeness (QED) is 0.775. The van der Waals surface area contributed by atoms with Crippen LogP contribution in [0.25, 0.3) is 0 Å². The van der Waals surface area contributed by atoms with Gasteiger partial charge >= 0.3 is 0 Å². The number of nitrogens with zero attached hydrogens (tertiary/aromatic N) is 1. The lowest BCUT2D eigenvalue weighted by Gasteiger charge is -2.51. The highest BCUT2D eigenvalue weighted by Gasteiger charge is 2.41. The Morgan fingerprint density at radius 1 is 1.12 bits per heavy atom. The molecule has 2 rings (SSSR count). The zero-order valence-electron chi connectivity index (χ0n) is 11.3. The van der Waals surface area contributed by atoms with Gasteiger partial charge in [-0.2, -0.15) is 0 Å². The van der Waals surface area contributed by atoms with E-state index in [1.807, 2.05) is 0 Å². The number of nitrogens with one attached hydrogen (secondary N) is 1. The van der Waals surface area contributed by atoms with Gasteiger partial charge in [-0.25, -0.2) is 0 Å². The normalized spacial score (nSPS) is 42.2. The molecule has 1 aliphatic heterocycles. The molecule has 2 heteroatoms. The standard InChI is InChI=1S/C14H28N2/c1-4-14(16-7-5-15-6-8-16)10-12(2)9-13(3)11-14/h12-13,15H,4-11H2,1-3H3/t12-,13-/m1/s1. The number of hydrogen-bond donors (Lipinski definition) is 1. The molecule has 0 radical (unpaired) electrons. The molecule has 0 unspecified atom stereocenters. The monoisotopic (exact) mass is 224 g/mol. The first-order chi connectivity index (χ1) is 7.66. The molecule has 1 saturated heterocycles. The lowest BCUT2D eigenvalue weighted by atomic mass is 9.69. The van der Waals surface area contributed by atoms with Crippen molar-refractivity contribution in [2.24, 2.45) is 11.8 Å². The third-order valence-electron chi connectivity index (χ3n) is 4.71. The van der Waals surface area contributed by atoms with Crippen molar-refractivity contribution in [3.05, 3.63) is 0 Å². The summed E-state index contributed by atoms with van der Waals surface area (Å²) in [6.45, 7) is 12.2. The van der Waals surface area contributed by atoms with E-state index in [2.05, 4.69) is 31.0 Å². The summed E-state index contributed by atoms with van der Waals surface area (Å²) in [7, 11) is 0. The molecule has 0 aromatic heterocycles. The molecule has 1 saturated carbocycles. The Hall–Kier alpha value is -0.0800. The first-order valence-electron chi connectivity index (χ1n) is 7.12. The molecule has 0 amide bonds. The number of hydrogen-bond acceptors (Lipinski definition) is 2. The van der Waals surface area contributed by atoms with Gasteiger partial charge in [0.15, 0.2) is 0 Å². The fourth-order valence-electron chi connectivity index (χ4n) is 4.14. The van der Waals surface area contributed by atoms with Crippen LogP contribution in [-0.4, -0.2) is 36.6 Å². The maximum Gasteiger partial charge on any atom is 0.0213 e. The Labute approximate surface area is 101 Å². The van der Waals surface area contributed by atoms with Crippen LogP contribution in [0.15, 0.2) is 0 Å². The molecule has 0 aromatic carbocycles. The summed E-state index contributed by atoms with van der Waals surface area (Å²) in [5, 5.41) is 3.48. The van der Waals surface area contributed by atoms with E-state index in [0.29, 0.717) is 5.54 Å². The van der Waals surface area contributed by atoms with Crippen molar-refractivity contribution < 1.29 is 0 Å². The van der Waals surface area contributed by atoms with Crippen molar-refractivity contribution in [3.63, 3.8) is 0 Å². The second-order valence-corrected chi connectivity index (χ2v) is 6.17. The average molecular weight is 224 g/mol. The highest BCUT2D eigenvalue weighted by molar-refractivity contribution is 4.97. The van der Waals surface area contributed by atoms with E-state index < -0.39 is 0 Å². The molecule has 1 N–H and O–H groups in total. The minimum absolute atomic E-state index is 0.527. The molecule has 2 aliphatic rings. The van der Waals surface area contributed by atoms with Crippen LogP contribution in [0, 0.1) is 11.8 Å². The van der Waals surface area contributed by atoms with E-state index in [4.69, 9.17) is 0 Å². The molecule has 16 heavy (non-hydrogen) atoms.